The summed E-state index contributed by atoms with van der Waals surface area (Å²) in [5, 5.41) is 13.1. The van der Waals surface area contributed by atoms with E-state index in [-0.39, 0.29) is 5.92 Å². The van der Waals surface area contributed by atoms with Crippen LogP contribution in [0.5, 0.6) is 0 Å². The molecule has 0 bridgehead atoms. The van der Waals surface area contributed by atoms with Crippen LogP contribution < -0.4 is 0 Å². The molecule has 1 N–H and O–H groups in total. The molecule has 0 saturated carbocycles. The van der Waals surface area contributed by atoms with Gasteiger partial charge in [0.2, 0.25) is 5.89 Å². The summed E-state index contributed by atoms with van der Waals surface area (Å²) in [7, 11) is 0. The largest absolute Gasteiger partial charge is 0.481 e. The summed E-state index contributed by atoms with van der Waals surface area (Å²) in [6, 6.07) is 0. The SMILES string of the molecule is CCCCc1noc(C2CC=CCC2C(=O)O)n1. The summed E-state index contributed by atoms with van der Waals surface area (Å²) in [5.74, 6) is -0.272. The fourth-order valence-corrected chi connectivity index (χ4v) is 2.21. The first-order valence-corrected chi connectivity index (χ1v) is 6.42. The average Bonchev–Trinajstić information content (AvgIpc) is 2.85. The monoisotopic (exact) mass is 250 g/mol. The number of carbonyl (C=O) groups is 1. The number of hydrogen-bond acceptors (Lipinski definition) is 4. The van der Waals surface area contributed by atoms with Gasteiger partial charge in [-0.3, -0.25) is 4.79 Å². The van der Waals surface area contributed by atoms with Gasteiger partial charge in [-0.1, -0.05) is 30.7 Å². The molecule has 98 valence electrons. The molecule has 2 atom stereocenters. The van der Waals surface area contributed by atoms with Crippen LogP contribution in [0.2, 0.25) is 0 Å². The fourth-order valence-electron chi connectivity index (χ4n) is 2.21. The number of aliphatic carboxylic acids is 1. The van der Waals surface area contributed by atoms with Crippen molar-refractivity contribution < 1.29 is 14.4 Å². The molecule has 0 aromatic carbocycles. The predicted molar refractivity (Wildman–Crippen MR) is 65.2 cm³/mol. The number of nitrogens with zero attached hydrogens (tertiary/aromatic N) is 2. The maximum absolute atomic E-state index is 11.2. The van der Waals surface area contributed by atoms with Gasteiger partial charge in [0.1, 0.15) is 0 Å². The number of unbranched alkanes of at least 4 members (excludes halogenated alkanes) is 1. The summed E-state index contributed by atoms with van der Waals surface area (Å²) in [6.45, 7) is 2.10. The Hall–Kier alpha value is -1.65. The van der Waals surface area contributed by atoms with Gasteiger partial charge in [-0.25, -0.2) is 0 Å². The van der Waals surface area contributed by atoms with Crippen molar-refractivity contribution in [3.05, 3.63) is 23.9 Å². The Morgan fingerprint density at radius 2 is 2.28 bits per heavy atom. The first kappa shape index (κ1) is 12.8. The molecule has 1 aromatic rings. The van der Waals surface area contributed by atoms with Crippen molar-refractivity contribution in [2.45, 2.75) is 44.9 Å². The van der Waals surface area contributed by atoms with E-state index in [0.717, 1.165) is 19.3 Å². The molecule has 0 aliphatic heterocycles. The molecule has 2 rings (SSSR count). The zero-order valence-corrected chi connectivity index (χ0v) is 10.5. The van der Waals surface area contributed by atoms with E-state index in [1.165, 1.54) is 0 Å². The van der Waals surface area contributed by atoms with Gasteiger partial charge in [-0.05, 0) is 19.3 Å². The van der Waals surface area contributed by atoms with E-state index in [0.29, 0.717) is 24.6 Å². The smallest absolute Gasteiger partial charge is 0.307 e. The van der Waals surface area contributed by atoms with E-state index in [1.807, 2.05) is 12.2 Å². The number of carboxylic acids is 1. The highest BCUT2D eigenvalue weighted by Crippen LogP contribution is 2.33. The van der Waals surface area contributed by atoms with Crippen molar-refractivity contribution in [3.8, 4) is 0 Å². The van der Waals surface area contributed by atoms with Crippen molar-refractivity contribution in [2.24, 2.45) is 5.92 Å². The van der Waals surface area contributed by atoms with Crippen LogP contribution in [0.3, 0.4) is 0 Å². The molecule has 0 saturated heterocycles. The van der Waals surface area contributed by atoms with E-state index in [2.05, 4.69) is 17.1 Å². The summed E-state index contributed by atoms with van der Waals surface area (Å²) < 4.78 is 5.22. The van der Waals surface area contributed by atoms with Crippen molar-refractivity contribution >= 4 is 5.97 Å². The van der Waals surface area contributed by atoms with Crippen LogP contribution in [0, 0.1) is 5.92 Å². The lowest BCUT2D eigenvalue weighted by atomic mass is 9.83. The molecule has 1 aliphatic carbocycles. The number of allylic oxidation sites excluding steroid dienone is 2. The van der Waals surface area contributed by atoms with Crippen molar-refractivity contribution in [1.82, 2.24) is 10.1 Å². The Morgan fingerprint density at radius 1 is 1.50 bits per heavy atom. The van der Waals surface area contributed by atoms with Crippen LogP contribution in [0.4, 0.5) is 0 Å². The highest BCUT2D eigenvalue weighted by Gasteiger charge is 2.33. The maximum atomic E-state index is 11.2. The number of aryl methyl sites for hydroxylation is 1. The van der Waals surface area contributed by atoms with Gasteiger partial charge in [0.15, 0.2) is 5.82 Å². The minimum atomic E-state index is -0.794. The molecule has 18 heavy (non-hydrogen) atoms. The molecular formula is C13H18N2O3. The second-order valence-corrected chi connectivity index (χ2v) is 4.65. The van der Waals surface area contributed by atoms with Crippen LogP contribution in [0.1, 0.15) is 50.2 Å². The summed E-state index contributed by atoms with van der Waals surface area (Å²) in [5.41, 5.74) is 0. The van der Waals surface area contributed by atoms with Crippen LogP contribution in [-0.2, 0) is 11.2 Å². The third kappa shape index (κ3) is 2.78. The zero-order chi connectivity index (χ0) is 13.0. The predicted octanol–water partition coefficient (Wildman–Crippen LogP) is 2.55. The number of aromatic nitrogens is 2. The molecule has 0 amide bonds. The van der Waals surface area contributed by atoms with Gasteiger partial charge in [-0.15, -0.1) is 0 Å². The minimum absolute atomic E-state index is 0.185. The first-order valence-electron chi connectivity index (χ1n) is 6.42. The van der Waals surface area contributed by atoms with E-state index >= 15 is 0 Å². The Kier molecular flexibility index (Phi) is 4.12. The highest BCUT2D eigenvalue weighted by molar-refractivity contribution is 5.71. The molecule has 5 heteroatoms. The van der Waals surface area contributed by atoms with Crippen LogP contribution in [0.25, 0.3) is 0 Å². The summed E-state index contributed by atoms with van der Waals surface area (Å²) >= 11 is 0. The third-order valence-electron chi connectivity index (χ3n) is 3.30. The second-order valence-electron chi connectivity index (χ2n) is 4.65. The van der Waals surface area contributed by atoms with Gasteiger partial charge in [0, 0.05) is 6.42 Å². The van der Waals surface area contributed by atoms with Crippen molar-refractivity contribution in [3.63, 3.8) is 0 Å². The second kappa shape index (κ2) is 5.80. The Bertz CT molecular complexity index is 439. The summed E-state index contributed by atoms with van der Waals surface area (Å²) in [6.07, 6.45) is 7.97. The van der Waals surface area contributed by atoms with Crippen molar-refractivity contribution in [1.29, 1.82) is 0 Å². The molecular weight excluding hydrogens is 232 g/mol. The molecule has 0 fully saturated rings. The maximum Gasteiger partial charge on any atom is 0.307 e. The van der Waals surface area contributed by atoms with E-state index in [1.54, 1.807) is 0 Å². The number of carboxylic acid groups (broad SMARTS) is 1. The molecule has 2 unspecified atom stereocenters. The molecule has 0 spiro atoms. The van der Waals surface area contributed by atoms with Gasteiger partial charge < -0.3 is 9.63 Å². The Balaban J connectivity index is 2.11. The lowest BCUT2D eigenvalue weighted by molar-refractivity contribution is -0.142. The van der Waals surface area contributed by atoms with Crippen LogP contribution in [-0.4, -0.2) is 21.2 Å². The minimum Gasteiger partial charge on any atom is -0.481 e. The topological polar surface area (TPSA) is 76.2 Å². The van der Waals surface area contributed by atoms with E-state index in [9.17, 15) is 9.90 Å². The lowest BCUT2D eigenvalue weighted by Crippen LogP contribution is -2.23. The zero-order valence-electron chi connectivity index (χ0n) is 10.5. The normalized spacial score (nSPS) is 23.2. The van der Waals surface area contributed by atoms with Gasteiger partial charge in [-0.2, -0.15) is 4.98 Å². The van der Waals surface area contributed by atoms with E-state index in [4.69, 9.17) is 4.52 Å². The Labute approximate surface area is 106 Å². The molecule has 1 aliphatic rings. The molecule has 0 radical (unpaired) electrons. The van der Waals surface area contributed by atoms with Crippen LogP contribution >= 0.6 is 0 Å². The molecule has 1 heterocycles. The lowest BCUT2D eigenvalue weighted by Gasteiger charge is -2.21. The third-order valence-corrected chi connectivity index (χ3v) is 3.30. The number of hydrogen-bond donors (Lipinski definition) is 1. The van der Waals surface area contributed by atoms with Crippen LogP contribution in [0.15, 0.2) is 16.7 Å². The molecule has 5 nitrogen and oxygen atoms in total. The first-order chi connectivity index (χ1) is 8.72. The fraction of sp³-hybridized carbons (Fsp3) is 0.615. The average molecular weight is 250 g/mol. The quantitative estimate of drug-likeness (QED) is 0.813. The standard InChI is InChI=1S/C13H18N2O3/c1-2-3-8-11-14-12(18-15-11)9-6-4-5-7-10(9)13(16)17/h4-5,9-10H,2-3,6-8H2,1H3,(H,16,17). The van der Waals surface area contributed by atoms with Gasteiger partial charge in [0.25, 0.3) is 0 Å². The van der Waals surface area contributed by atoms with Crippen molar-refractivity contribution in [2.75, 3.05) is 0 Å². The van der Waals surface area contributed by atoms with Gasteiger partial charge >= 0.3 is 5.97 Å². The summed E-state index contributed by atoms with van der Waals surface area (Å²) in [4.78, 5) is 15.5. The molecule has 1 aromatic heterocycles. The number of rotatable bonds is 5. The Morgan fingerprint density at radius 3 is 3.00 bits per heavy atom. The van der Waals surface area contributed by atoms with E-state index < -0.39 is 11.9 Å². The highest BCUT2D eigenvalue weighted by atomic mass is 16.5. The van der Waals surface area contributed by atoms with Gasteiger partial charge in [0.05, 0.1) is 11.8 Å².